The fourth-order valence-electron chi connectivity index (χ4n) is 1.48. The zero-order chi connectivity index (χ0) is 11.3. The molecule has 0 unspecified atom stereocenters. The number of rotatable bonds is 6. The zero-order valence-corrected chi connectivity index (χ0v) is 9.73. The molecule has 4 nitrogen and oxygen atoms in total. The summed E-state index contributed by atoms with van der Waals surface area (Å²) >= 11 is 0. The molecule has 0 aliphatic rings. The van der Waals surface area contributed by atoms with Crippen molar-refractivity contribution in [2.75, 3.05) is 13.2 Å². The Balaban J connectivity index is 2.50. The molecule has 0 spiro atoms. The molecule has 1 aromatic rings. The van der Waals surface area contributed by atoms with Gasteiger partial charge in [0.1, 0.15) is 0 Å². The van der Waals surface area contributed by atoms with Crippen LogP contribution in [0, 0.1) is 6.92 Å². The van der Waals surface area contributed by atoms with E-state index in [2.05, 4.69) is 23.9 Å². The van der Waals surface area contributed by atoms with Crippen LogP contribution < -0.4 is 0 Å². The highest BCUT2D eigenvalue weighted by atomic mass is 16.5. The molecule has 1 rings (SSSR count). The van der Waals surface area contributed by atoms with Crippen LogP contribution >= 0.6 is 0 Å². The third-order valence-corrected chi connectivity index (χ3v) is 2.37. The highest BCUT2D eigenvalue weighted by Gasteiger charge is 2.12. The lowest BCUT2D eigenvalue weighted by Gasteiger charge is -2.24. The summed E-state index contributed by atoms with van der Waals surface area (Å²) in [6, 6.07) is 2.40. The molecular weight excluding hydrogens is 192 g/mol. The van der Waals surface area contributed by atoms with E-state index < -0.39 is 0 Å². The lowest BCUT2D eigenvalue weighted by molar-refractivity contribution is 0.168. The largest absolute Gasteiger partial charge is 0.396 e. The lowest BCUT2D eigenvalue weighted by atomic mass is 10.2. The van der Waals surface area contributed by atoms with Crippen LogP contribution in [0.15, 0.2) is 10.6 Å². The van der Waals surface area contributed by atoms with Crippen molar-refractivity contribution in [1.82, 2.24) is 10.1 Å². The first-order valence-corrected chi connectivity index (χ1v) is 5.40. The molecule has 0 radical (unpaired) electrons. The van der Waals surface area contributed by atoms with Crippen molar-refractivity contribution in [1.29, 1.82) is 0 Å². The summed E-state index contributed by atoms with van der Waals surface area (Å²) in [5.74, 6) is 0.888. The molecular formula is C11H20N2O2. The molecule has 0 aromatic carbocycles. The van der Waals surface area contributed by atoms with Crippen molar-refractivity contribution in [2.45, 2.75) is 39.8 Å². The number of hydrogen-bond donors (Lipinski definition) is 1. The number of aromatic nitrogens is 1. The molecule has 0 atom stereocenters. The maximum Gasteiger partial charge on any atom is 0.150 e. The van der Waals surface area contributed by atoms with Crippen LogP contribution in [-0.2, 0) is 6.54 Å². The van der Waals surface area contributed by atoms with Crippen LogP contribution in [0.3, 0.4) is 0 Å². The van der Waals surface area contributed by atoms with Gasteiger partial charge in [0.05, 0.1) is 12.2 Å². The summed E-state index contributed by atoms with van der Waals surface area (Å²) < 4.78 is 5.17. The van der Waals surface area contributed by atoms with E-state index in [1.807, 2.05) is 13.0 Å². The molecule has 0 bridgehead atoms. The van der Waals surface area contributed by atoms with Gasteiger partial charge in [-0.15, -0.1) is 0 Å². The van der Waals surface area contributed by atoms with E-state index in [0.29, 0.717) is 6.04 Å². The van der Waals surface area contributed by atoms with Gasteiger partial charge in [0.25, 0.3) is 0 Å². The smallest absolute Gasteiger partial charge is 0.150 e. The topological polar surface area (TPSA) is 49.5 Å². The van der Waals surface area contributed by atoms with Crippen molar-refractivity contribution in [3.63, 3.8) is 0 Å². The SMILES string of the molecule is Cc1cc(CN(CCCO)C(C)C)on1. The molecule has 1 aromatic heterocycles. The van der Waals surface area contributed by atoms with E-state index in [4.69, 9.17) is 9.63 Å². The first kappa shape index (κ1) is 12.2. The Morgan fingerprint density at radius 3 is 2.73 bits per heavy atom. The van der Waals surface area contributed by atoms with E-state index in [1.54, 1.807) is 0 Å². The average molecular weight is 212 g/mol. The summed E-state index contributed by atoms with van der Waals surface area (Å²) in [5.41, 5.74) is 0.913. The fourth-order valence-corrected chi connectivity index (χ4v) is 1.48. The minimum absolute atomic E-state index is 0.235. The van der Waals surface area contributed by atoms with E-state index >= 15 is 0 Å². The highest BCUT2D eigenvalue weighted by Crippen LogP contribution is 2.09. The third kappa shape index (κ3) is 4.01. The second-order valence-electron chi connectivity index (χ2n) is 4.08. The van der Waals surface area contributed by atoms with Crippen LogP contribution in [0.4, 0.5) is 0 Å². The molecule has 0 saturated carbocycles. The van der Waals surface area contributed by atoms with Gasteiger partial charge in [-0.2, -0.15) is 0 Å². The van der Waals surface area contributed by atoms with Crippen LogP contribution in [0.5, 0.6) is 0 Å². The molecule has 15 heavy (non-hydrogen) atoms. The van der Waals surface area contributed by atoms with Gasteiger partial charge in [-0.25, -0.2) is 0 Å². The summed E-state index contributed by atoms with van der Waals surface area (Å²) in [6.45, 7) is 8.08. The summed E-state index contributed by atoms with van der Waals surface area (Å²) in [4.78, 5) is 2.26. The maximum absolute atomic E-state index is 8.80. The van der Waals surface area contributed by atoms with Gasteiger partial charge >= 0.3 is 0 Å². The first-order chi connectivity index (χ1) is 7.13. The molecule has 0 amide bonds. The van der Waals surface area contributed by atoms with Crippen LogP contribution in [0.2, 0.25) is 0 Å². The minimum Gasteiger partial charge on any atom is -0.396 e. The lowest BCUT2D eigenvalue weighted by Crippen LogP contribution is -2.31. The van der Waals surface area contributed by atoms with Gasteiger partial charge < -0.3 is 9.63 Å². The average Bonchev–Trinajstić information content (AvgIpc) is 2.58. The Labute approximate surface area is 90.9 Å². The summed E-state index contributed by atoms with van der Waals surface area (Å²) in [7, 11) is 0. The maximum atomic E-state index is 8.80. The predicted molar refractivity (Wildman–Crippen MR) is 58.5 cm³/mol. The Kier molecular flexibility index (Phi) is 4.78. The van der Waals surface area contributed by atoms with Crippen LogP contribution in [0.25, 0.3) is 0 Å². The Morgan fingerprint density at radius 1 is 1.53 bits per heavy atom. The molecule has 4 heteroatoms. The van der Waals surface area contributed by atoms with Crippen LogP contribution in [0.1, 0.15) is 31.7 Å². The normalized spacial score (nSPS) is 11.6. The van der Waals surface area contributed by atoms with E-state index in [-0.39, 0.29) is 6.61 Å². The van der Waals surface area contributed by atoms with Gasteiger partial charge in [-0.3, -0.25) is 4.90 Å². The predicted octanol–water partition coefficient (Wildman–Crippen LogP) is 1.58. The second kappa shape index (κ2) is 5.88. The van der Waals surface area contributed by atoms with Crippen molar-refractivity contribution in [3.8, 4) is 0 Å². The fraction of sp³-hybridized carbons (Fsp3) is 0.727. The van der Waals surface area contributed by atoms with Crippen molar-refractivity contribution < 1.29 is 9.63 Å². The monoisotopic (exact) mass is 212 g/mol. The molecule has 0 fully saturated rings. The molecule has 0 saturated heterocycles. The molecule has 86 valence electrons. The number of hydrogen-bond acceptors (Lipinski definition) is 4. The molecule has 0 aliphatic carbocycles. The van der Waals surface area contributed by atoms with Crippen molar-refractivity contribution in [3.05, 3.63) is 17.5 Å². The summed E-state index contributed by atoms with van der Waals surface area (Å²) in [5, 5.41) is 12.7. The number of aliphatic hydroxyl groups excluding tert-OH is 1. The summed E-state index contributed by atoms with van der Waals surface area (Å²) in [6.07, 6.45) is 0.797. The first-order valence-electron chi connectivity index (χ1n) is 5.40. The van der Waals surface area contributed by atoms with Crippen molar-refractivity contribution in [2.24, 2.45) is 0 Å². The van der Waals surface area contributed by atoms with E-state index in [9.17, 15) is 0 Å². The van der Waals surface area contributed by atoms with E-state index in [1.165, 1.54) is 0 Å². The third-order valence-electron chi connectivity index (χ3n) is 2.37. The van der Waals surface area contributed by atoms with Gasteiger partial charge in [0.15, 0.2) is 5.76 Å². The standard InChI is InChI=1S/C11H20N2O2/c1-9(2)13(5-4-6-14)8-11-7-10(3)12-15-11/h7,9,14H,4-6,8H2,1-3H3. The Hall–Kier alpha value is -0.870. The quantitative estimate of drug-likeness (QED) is 0.777. The van der Waals surface area contributed by atoms with Crippen molar-refractivity contribution >= 4 is 0 Å². The molecule has 0 aliphatic heterocycles. The second-order valence-corrected chi connectivity index (χ2v) is 4.08. The van der Waals surface area contributed by atoms with E-state index in [0.717, 1.165) is 31.0 Å². The minimum atomic E-state index is 0.235. The molecule has 1 N–H and O–H groups in total. The number of aliphatic hydroxyl groups is 1. The molecule has 1 heterocycles. The van der Waals surface area contributed by atoms with Gasteiger partial charge in [-0.05, 0) is 27.2 Å². The van der Waals surface area contributed by atoms with Gasteiger partial charge in [-0.1, -0.05) is 5.16 Å². The Morgan fingerprint density at radius 2 is 2.27 bits per heavy atom. The van der Waals surface area contributed by atoms with Crippen LogP contribution in [-0.4, -0.2) is 34.4 Å². The van der Waals surface area contributed by atoms with Gasteiger partial charge in [0, 0.05) is 25.3 Å². The zero-order valence-electron chi connectivity index (χ0n) is 9.73. The van der Waals surface area contributed by atoms with Gasteiger partial charge in [0.2, 0.25) is 0 Å². The number of nitrogens with zero attached hydrogens (tertiary/aromatic N) is 2. The Bertz CT molecular complexity index is 284. The number of aryl methyl sites for hydroxylation is 1. The highest BCUT2D eigenvalue weighted by molar-refractivity contribution is 5.02.